The summed E-state index contributed by atoms with van der Waals surface area (Å²) in [5.41, 5.74) is 0.752. The number of amides is 3. The SMILES string of the molecule is CC(C)(C)c1cc(NC(=O)c2ccc(NC(=O)CC3SC(N4CCCC4)=NC3=O)cc2)no1. The molecule has 1 unspecified atom stereocenters. The van der Waals surface area contributed by atoms with Gasteiger partial charge in [0.05, 0.1) is 0 Å². The lowest BCUT2D eigenvalue weighted by atomic mass is 9.93. The van der Waals surface area contributed by atoms with Gasteiger partial charge in [-0.3, -0.25) is 14.4 Å². The molecule has 1 saturated heterocycles. The predicted molar refractivity (Wildman–Crippen MR) is 127 cm³/mol. The Kier molecular flexibility index (Phi) is 6.55. The summed E-state index contributed by atoms with van der Waals surface area (Å²) in [5, 5.41) is 9.60. The highest BCUT2D eigenvalue weighted by Crippen LogP contribution is 2.29. The molecule has 3 heterocycles. The molecule has 1 fully saturated rings. The van der Waals surface area contributed by atoms with Gasteiger partial charge in [0.1, 0.15) is 11.0 Å². The van der Waals surface area contributed by atoms with Crippen molar-refractivity contribution in [3.8, 4) is 0 Å². The molecule has 0 spiro atoms. The number of aliphatic imine (C=N–C) groups is 1. The zero-order valence-electron chi connectivity index (χ0n) is 18.9. The Hall–Kier alpha value is -3.14. The molecule has 2 aliphatic rings. The molecule has 0 aliphatic carbocycles. The number of carbonyl (C=O) groups is 3. The van der Waals surface area contributed by atoms with E-state index in [1.165, 1.54) is 11.8 Å². The number of hydrogen-bond donors (Lipinski definition) is 2. The number of aromatic nitrogens is 1. The summed E-state index contributed by atoms with van der Waals surface area (Å²) in [7, 11) is 0. The van der Waals surface area contributed by atoms with E-state index in [-0.39, 0.29) is 29.6 Å². The van der Waals surface area contributed by atoms with Gasteiger partial charge >= 0.3 is 0 Å². The van der Waals surface area contributed by atoms with Gasteiger partial charge in [0.15, 0.2) is 11.0 Å². The molecule has 4 rings (SSSR count). The van der Waals surface area contributed by atoms with Crippen molar-refractivity contribution >= 4 is 46.2 Å². The summed E-state index contributed by atoms with van der Waals surface area (Å²) >= 11 is 1.36. The Morgan fingerprint density at radius 1 is 1.15 bits per heavy atom. The van der Waals surface area contributed by atoms with E-state index in [0.29, 0.717) is 22.8 Å². The van der Waals surface area contributed by atoms with E-state index < -0.39 is 5.25 Å². The van der Waals surface area contributed by atoms with Crippen LogP contribution in [0.2, 0.25) is 0 Å². The average Bonchev–Trinajstić information content (AvgIpc) is 3.50. The van der Waals surface area contributed by atoms with E-state index in [0.717, 1.165) is 31.1 Å². The fourth-order valence-electron chi connectivity index (χ4n) is 3.51. The van der Waals surface area contributed by atoms with Crippen molar-refractivity contribution in [1.29, 1.82) is 0 Å². The first kappa shape index (κ1) is 23.0. The maximum absolute atomic E-state index is 12.5. The monoisotopic (exact) mass is 469 g/mol. The molecule has 33 heavy (non-hydrogen) atoms. The number of thioether (sulfide) groups is 1. The lowest BCUT2D eigenvalue weighted by Crippen LogP contribution is -2.25. The zero-order valence-corrected chi connectivity index (χ0v) is 19.7. The molecule has 3 amide bonds. The standard InChI is InChI=1S/C23H27N5O4S/c1-23(2,3)17-13-18(27-32-17)25-20(30)14-6-8-15(9-7-14)24-19(29)12-16-21(31)26-22(33-16)28-10-4-5-11-28/h6-9,13,16H,4-5,10-12H2,1-3H3,(H,24,29)(H,25,27,30). The van der Waals surface area contributed by atoms with Crippen LogP contribution in [0.5, 0.6) is 0 Å². The maximum atomic E-state index is 12.5. The van der Waals surface area contributed by atoms with Crippen molar-refractivity contribution in [1.82, 2.24) is 10.1 Å². The van der Waals surface area contributed by atoms with Crippen molar-refractivity contribution in [2.45, 2.75) is 50.7 Å². The van der Waals surface area contributed by atoms with Gasteiger partial charge in [0, 0.05) is 42.2 Å². The quantitative estimate of drug-likeness (QED) is 0.686. The molecule has 1 aromatic carbocycles. The fraction of sp³-hybridized carbons (Fsp3) is 0.435. The molecule has 2 aromatic rings. The van der Waals surface area contributed by atoms with E-state index in [1.807, 2.05) is 20.8 Å². The lowest BCUT2D eigenvalue weighted by molar-refractivity contribution is -0.121. The van der Waals surface area contributed by atoms with Gasteiger partial charge in [-0.25, -0.2) is 0 Å². The maximum Gasteiger partial charge on any atom is 0.262 e. The fourth-order valence-corrected chi connectivity index (χ4v) is 4.63. The molecular formula is C23H27N5O4S. The predicted octanol–water partition coefficient (Wildman–Crippen LogP) is 3.65. The van der Waals surface area contributed by atoms with Crippen molar-refractivity contribution in [3.05, 3.63) is 41.7 Å². The van der Waals surface area contributed by atoms with E-state index in [4.69, 9.17) is 4.52 Å². The Morgan fingerprint density at radius 3 is 2.48 bits per heavy atom. The topological polar surface area (TPSA) is 117 Å². The molecule has 0 bridgehead atoms. The van der Waals surface area contributed by atoms with Gasteiger partial charge in [-0.1, -0.05) is 37.7 Å². The number of nitrogens with zero attached hydrogens (tertiary/aromatic N) is 3. The Morgan fingerprint density at radius 2 is 1.85 bits per heavy atom. The Labute approximate surface area is 196 Å². The number of benzene rings is 1. The smallest absolute Gasteiger partial charge is 0.262 e. The van der Waals surface area contributed by atoms with E-state index in [1.54, 1.807) is 30.3 Å². The largest absolute Gasteiger partial charge is 0.359 e. The molecule has 9 nitrogen and oxygen atoms in total. The summed E-state index contributed by atoms with van der Waals surface area (Å²) in [6.07, 6.45) is 2.25. The van der Waals surface area contributed by atoms with E-state index >= 15 is 0 Å². The number of nitrogens with one attached hydrogen (secondary N) is 2. The summed E-state index contributed by atoms with van der Waals surface area (Å²) < 4.78 is 5.28. The number of anilines is 2. The van der Waals surface area contributed by atoms with Crippen molar-refractivity contribution in [2.75, 3.05) is 23.7 Å². The molecule has 0 saturated carbocycles. The Balaban J connectivity index is 1.28. The van der Waals surface area contributed by atoms with Crippen LogP contribution in [0.15, 0.2) is 39.8 Å². The van der Waals surface area contributed by atoms with Gasteiger partial charge < -0.3 is 20.1 Å². The highest BCUT2D eigenvalue weighted by Gasteiger charge is 2.33. The van der Waals surface area contributed by atoms with Crippen molar-refractivity contribution in [2.24, 2.45) is 4.99 Å². The average molecular weight is 470 g/mol. The summed E-state index contributed by atoms with van der Waals surface area (Å²) in [6, 6.07) is 8.21. The van der Waals surface area contributed by atoms with Crippen LogP contribution in [-0.4, -0.2) is 51.3 Å². The molecule has 174 valence electrons. The van der Waals surface area contributed by atoms with E-state index in [9.17, 15) is 14.4 Å². The number of likely N-dealkylation sites (tertiary alicyclic amines) is 1. The summed E-state index contributed by atoms with van der Waals surface area (Å²) in [4.78, 5) is 43.3. The molecule has 1 atom stereocenters. The highest BCUT2D eigenvalue weighted by molar-refractivity contribution is 8.15. The second kappa shape index (κ2) is 9.38. The van der Waals surface area contributed by atoms with Crippen molar-refractivity contribution in [3.63, 3.8) is 0 Å². The van der Waals surface area contributed by atoms with Crippen LogP contribution in [0.1, 0.15) is 56.2 Å². The van der Waals surface area contributed by atoms with Crippen LogP contribution in [-0.2, 0) is 15.0 Å². The second-order valence-electron chi connectivity index (χ2n) is 9.14. The molecule has 0 radical (unpaired) electrons. The minimum atomic E-state index is -0.494. The van der Waals surface area contributed by atoms with Gasteiger partial charge in [-0.15, -0.1) is 0 Å². The van der Waals surface area contributed by atoms with Gasteiger partial charge in [0.2, 0.25) is 5.91 Å². The summed E-state index contributed by atoms with van der Waals surface area (Å²) in [5.74, 6) is 0.158. The number of carbonyl (C=O) groups excluding carboxylic acids is 3. The first-order valence-corrected chi connectivity index (χ1v) is 11.8. The molecule has 10 heteroatoms. The minimum Gasteiger partial charge on any atom is -0.359 e. The van der Waals surface area contributed by atoms with Crippen LogP contribution in [0, 0.1) is 0 Å². The third-order valence-corrected chi connectivity index (χ3v) is 6.61. The van der Waals surface area contributed by atoms with Gasteiger partial charge in [-0.2, -0.15) is 4.99 Å². The third kappa shape index (κ3) is 5.62. The van der Waals surface area contributed by atoms with Gasteiger partial charge in [-0.05, 0) is 37.1 Å². The molecule has 2 N–H and O–H groups in total. The van der Waals surface area contributed by atoms with Crippen LogP contribution >= 0.6 is 11.8 Å². The second-order valence-corrected chi connectivity index (χ2v) is 10.3. The Bertz CT molecular complexity index is 1080. The molecule has 2 aliphatic heterocycles. The number of amidine groups is 1. The van der Waals surface area contributed by atoms with Crippen LogP contribution < -0.4 is 10.6 Å². The zero-order chi connectivity index (χ0) is 23.6. The normalized spacial score (nSPS) is 18.4. The highest BCUT2D eigenvalue weighted by atomic mass is 32.2. The third-order valence-electron chi connectivity index (χ3n) is 5.40. The van der Waals surface area contributed by atoms with E-state index in [2.05, 4.69) is 25.7 Å². The first-order chi connectivity index (χ1) is 15.7. The van der Waals surface area contributed by atoms with Crippen molar-refractivity contribution < 1.29 is 18.9 Å². The van der Waals surface area contributed by atoms with Crippen LogP contribution in [0.4, 0.5) is 11.5 Å². The number of hydrogen-bond acceptors (Lipinski definition) is 7. The molecular weight excluding hydrogens is 442 g/mol. The van der Waals surface area contributed by atoms with Crippen LogP contribution in [0.3, 0.4) is 0 Å². The van der Waals surface area contributed by atoms with Gasteiger partial charge in [0.25, 0.3) is 11.8 Å². The number of rotatable bonds is 5. The minimum absolute atomic E-state index is 0.0504. The summed E-state index contributed by atoms with van der Waals surface area (Å²) in [6.45, 7) is 7.80. The lowest BCUT2D eigenvalue weighted by Gasteiger charge is -2.16. The first-order valence-electron chi connectivity index (χ1n) is 10.9. The van der Waals surface area contributed by atoms with Crippen LogP contribution in [0.25, 0.3) is 0 Å². The molecule has 1 aromatic heterocycles.